The molecule has 2 aromatic rings. The van der Waals surface area contributed by atoms with E-state index in [0.717, 1.165) is 28.4 Å². The first kappa shape index (κ1) is 24.9. The van der Waals surface area contributed by atoms with Crippen molar-refractivity contribution in [3.8, 4) is 5.75 Å². The molecule has 0 radical (unpaired) electrons. The average Bonchev–Trinajstić information content (AvgIpc) is 2.76. The van der Waals surface area contributed by atoms with Crippen molar-refractivity contribution >= 4 is 27.7 Å². The Labute approximate surface area is 194 Å². The lowest BCUT2D eigenvalue weighted by atomic mass is 10.1. The van der Waals surface area contributed by atoms with Gasteiger partial charge in [0.05, 0.1) is 4.47 Å². The molecule has 0 aliphatic carbocycles. The first-order valence-electron chi connectivity index (χ1n) is 10.8. The molecule has 0 aliphatic rings. The lowest BCUT2D eigenvalue weighted by Crippen LogP contribution is -2.50. The van der Waals surface area contributed by atoms with Crippen LogP contribution in [0.15, 0.2) is 46.9 Å². The first-order valence-corrected chi connectivity index (χ1v) is 11.6. The van der Waals surface area contributed by atoms with Crippen LogP contribution in [0.5, 0.6) is 5.75 Å². The second-order valence-corrected chi connectivity index (χ2v) is 8.70. The van der Waals surface area contributed by atoms with Crippen LogP contribution in [0, 0.1) is 6.92 Å². The highest BCUT2D eigenvalue weighted by Crippen LogP contribution is 2.26. The smallest absolute Gasteiger partial charge is 0.261 e. The van der Waals surface area contributed by atoms with Gasteiger partial charge in [0.15, 0.2) is 6.61 Å². The highest BCUT2D eigenvalue weighted by molar-refractivity contribution is 9.10. The Bertz CT molecular complexity index is 900. The Hall–Kier alpha value is -2.34. The molecule has 1 N–H and O–H groups in total. The van der Waals surface area contributed by atoms with Gasteiger partial charge in [-0.3, -0.25) is 9.59 Å². The minimum absolute atomic E-state index is 0.0506. The fourth-order valence-corrected chi connectivity index (χ4v) is 3.66. The standard InChI is InChI=1S/C25H33BrN2O3/c1-6-18(4)27-25(30)19(5)28(15-21-11-9-8-10-17(21)3)24(29)16-31-23-13-12-20(7-2)14-22(23)26/h8-14,18-19H,6-7,15-16H2,1-5H3,(H,27,30). The summed E-state index contributed by atoms with van der Waals surface area (Å²) < 4.78 is 6.62. The van der Waals surface area contributed by atoms with Crippen LogP contribution in [0.1, 0.15) is 50.8 Å². The van der Waals surface area contributed by atoms with E-state index in [1.807, 2.05) is 63.2 Å². The van der Waals surface area contributed by atoms with Crippen molar-refractivity contribution in [1.82, 2.24) is 10.2 Å². The van der Waals surface area contributed by atoms with Gasteiger partial charge in [-0.05, 0) is 78.4 Å². The molecular weight excluding hydrogens is 456 g/mol. The number of carbonyl (C=O) groups excluding carboxylic acids is 2. The van der Waals surface area contributed by atoms with Gasteiger partial charge in [-0.2, -0.15) is 0 Å². The van der Waals surface area contributed by atoms with Crippen molar-refractivity contribution in [3.63, 3.8) is 0 Å². The number of rotatable bonds is 10. The number of nitrogens with one attached hydrogen (secondary N) is 1. The van der Waals surface area contributed by atoms with Crippen LogP contribution in [0.25, 0.3) is 0 Å². The minimum atomic E-state index is -0.615. The summed E-state index contributed by atoms with van der Waals surface area (Å²) in [6, 6.07) is 13.2. The number of aryl methyl sites for hydroxylation is 2. The predicted molar refractivity (Wildman–Crippen MR) is 128 cm³/mol. The Kier molecular flexibility index (Phi) is 9.56. The van der Waals surface area contributed by atoms with E-state index in [2.05, 4.69) is 28.2 Å². The summed E-state index contributed by atoms with van der Waals surface area (Å²) >= 11 is 3.51. The maximum atomic E-state index is 13.2. The third kappa shape index (κ3) is 7.10. The molecule has 168 valence electrons. The summed E-state index contributed by atoms with van der Waals surface area (Å²) in [5.74, 6) is 0.212. The van der Waals surface area contributed by atoms with Crippen molar-refractivity contribution in [3.05, 3.63) is 63.6 Å². The fraction of sp³-hybridized carbons (Fsp3) is 0.440. The normalized spacial score (nSPS) is 12.7. The monoisotopic (exact) mass is 488 g/mol. The van der Waals surface area contributed by atoms with Crippen molar-refractivity contribution in [2.45, 2.75) is 66.1 Å². The maximum absolute atomic E-state index is 13.2. The van der Waals surface area contributed by atoms with Gasteiger partial charge in [0.25, 0.3) is 5.91 Å². The lowest BCUT2D eigenvalue weighted by Gasteiger charge is -2.30. The molecular formula is C25H33BrN2O3. The molecule has 2 unspecified atom stereocenters. The Morgan fingerprint density at radius 3 is 2.45 bits per heavy atom. The molecule has 2 rings (SSSR count). The van der Waals surface area contributed by atoms with Crippen LogP contribution >= 0.6 is 15.9 Å². The minimum Gasteiger partial charge on any atom is -0.483 e. The lowest BCUT2D eigenvalue weighted by molar-refractivity contribution is -0.142. The number of ether oxygens (including phenoxy) is 1. The molecule has 2 amide bonds. The Morgan fingerprint density at radius 1 is 1.13 bits per heavy atom. The van der Waals surface area contributed by atoms with E-state index in [9.17, 15) is 9.59 Å². The van der Waals surface area contributed by atoms with Gasteiger partial charge in [0.2, 0.25) is 5.91 Å². The van der Waals surface area contributed by atoms with Gasteiger partial charge < -0.3 is 15.0 Å². The third-order valence-corrected chi connectivity index (χ3v) is 6.15. The molecule has 0 saturated heterocycles. The van der Waals surface area contributed by atoms with Crippen LogP contribution in [-0.2, 0) is 22.6 Å². The summed E-state index contributed by atoms with van der Waals surface area (Å²) in [6.45, 7) is 10.0. The van der Waals surface area contributed by atoms with Crippen LogP contribution < -0.4 is 10.1 Å². The zero-order valence-corrected chi connectivity index (χ0v) is 20.7. The summed E-state index contributed by atoms with van der Waals surface area (Å²) in [4.78, 5) is 27.5. The van der Waals surface area contributed by atoms with E-state index in [1.54, 1.807) is 11.8 Å². The molecule has 0 bridgehead atoms. The zero-order valence-electron chi connectivity index (χ0n) is 19.1. The zero-order chi connectivity index (χ0) is 23.0. The van der Waals surface area contributed by atoms with E-state index in [-0.39, 0.29) is 24.5 Å². The number of nitrogens with zero attached hydrogens (tertiary/aromatic N) is 1. The second-order valence-electron chi connectivity index (χ2n) is 7.85. The van der Waals surface area contributed by atoms with E-state index >= 15 is 0 Å². The summed E-state index contributed by atoms with van der Waals surface area (Å²) in [5, 5.41) is 2.98. The Balaban J connectivity index is 2.19. The molecule has 0 saturated carbocycles. The van der Waals surface area contributed by atoms with E-state index in [1.165, 1.54) is 5.56 Å². The molecule has 31 heavy (non-hydrogen) atoms. The molecule has 0 spiro atoms. The van der Waals surface area contributed by atoms with Gasteiger partial charge in [-0.25, -0.2) is 0 Å². The second kappa shape index (κ2) is 11.9. The maximum Gasteiger partial charge on any atom is 0.261 e. The van der Waals surface area contributed by atoms with Crippen LogP contribution in [0.2, 0.25) is 0 Å². The third-order valence-electron chi connectivity index (χ3n) is 5.53. The van der Waals surface area contributed by atoms with Crippen LogP contribution in [0.3, 0.4) is 0 Å². The summed E-state index contributed by atoms with van der Waals surface area (Å²) in [5.41, 5.74) is 3.27. The van der Waals surface area contributed by atoms with Gasteiger partial charge >= 0.3 is 0 Å². The van der Waals surface area contributed by atoms with E-state index in [0.29, 0.717) is 12.3 Å². The van der Waals surface area contributed by atoms with Gasteiger partial charge in [-0.1, -0.05) is 44.2 Å². The van der Waals surface area contributed by atoms with E-state index in [4.69, 9.17) is 4.74 Å². The largest absolute Gasteiger partial charge is 0.483 e. The number of halogens is 1. The first-order chi connectivity index (χ1) is 14.8. The van der Waals surface area contributed by atoms with Crippen molar-refractivity contribution in [2.75, 3.05) is 6.61 Å². The van der Waals surface area contributed by atoms with E-state index < -0.39 is 6.04 Å². The number of benzene rings is 2. The molecule has 0 fully saturated rings. The fourth-order valence-electron chi connectivity index (χ4n) is 3.12. The van der Waals surface area contributed by atoms with Crippen LogP contribution in [-0.4, -0.2) is 35.4 Å². The number of amides is 2. The van der Waals surface area contributed by atoms with Gasteiger partial charge in [-0.15, -0.1) is 0 Å². The van der Waals surface area contributed by atoms with Gasteiger partial charge in [0, 0.05) is 12.6 Å². The quantitative estimate of drug-likeness (QED) is 0.509. The average molecular weight is 489 g/mol. The highest BCUT2D eigenvalue weighted by atomic mass is 79.9. The molecule has 6 heteroatoms. The van der Waals surface area contributed by atoms with Crippen molar-refractivity contribution < 1.29 is 14.3 Å². The van der Waals surface area contributed by atoms with Crippen LogP contribution in [0.4, 0.5) is 0 Å². The number of carbonyl (C=O) groups is 2. The molecule has 0 aliphatic heterocycles. The van der Waals surface area contributed by atoms with Crippen molar-refractivity contribution in [2.24, 2.45) is 0 Å². The molecule has 2 aromatic carbocycles. The molecule has 0 aromatic heterocycles. The SMILES string of the molecule is CCc1ccc(OCC(=O)N(Cc2ccccc2C)C(C)C(=O)NC(C)CC)c(Br)c1. The number of hydrogen-bond donors (Lipinski definition) is 1. The summed E-state index contributed by atoms with van der Waals surface area (Å²) in [6.07, 6.45) is 1.75. The van der Waals surface area contributed by atoms with Gasteiger partial charge in [0.1, 0.15) is 11.8 Å². The molecule has 0 heterocycles. The topological polar surface area (TPSA) is 58.6 Å². The van der Waals surface area contributed by atoms with Crippen molar-refractivity contribution in [1.29, 1.82) is 0 Å². The summed E-state index contributed by atoms with van der Waals surface area (Å²) in [7, 11) is 0. The number of hydrogen-bond acceptors (Lipinski definition) is 3. The highest BCUT2D eigenvalue weighted by Gasteiger charge is 2.27. The Morgan fingerprint density at radius 2 is 1.84 bits per heavy atom. The molecule has 5 nitrogen and oxygen atoms in total. The molecule has 2 atom stereocenters. The predicted octanol–water partition coefficient (Wildman–Crippen LogP) is 5.03.